The highest BCUT2D eigenvalue weighted by atomic mass is 16.2. The second kappa shape index (κ2) is 8.77. The predicted octanol–water partition coefficient (Wildman–Crippen LogP) is 1.92. The van der Waals surface area contributed by atoms with Gasteiger partial charge in [0.1, 0.15) is 6.04 Å². The van der Waals surface area contributed by atoms with E-state index in [9.17, 15) is 9.59 Å². The number of rotatable bonds is 7. The zero-order valence-electron chi connectivity index (χ0n) is 12.1. The molecule has 1 aliphatic rings. The Labute approximate surface area is 115 Å². The molecule has 0 aromatic carbocycles. The monoisotopic (exact) mass is 269 g/mol. The summed E-state index contributed by atoms with van der Waals surface area (Å²) in [6.45, 7) is 4.50. The van der Waals surface area contributed by atoms with Crippen LogP contribution in [-0.4, -0.2) is 30.6 Å². The SMILES string of the molecule is CCCCCNC(=O)NC(C)C(=O)NC1CCCC1. The van der Waals surface area contributed by atoms with Gasteiger partial charge in [-0.3, -0.25) is 4.79 Å². The Morgan fingerprint density at radius 1 is 1.21 bits per heavy atom. The summed E-state index contributed by atoms with van der Waals surface area (Å²) in [5.74, 6) is -0.0874. The van der Waals surface area contributed by atoms with Crippen molar-refractivity contribution >= 4 is 11.9 Å². The number of carbonyl (C=O) groups is 2. The van der Waals surface area contributed by atoms with Gasteiger partial charge in [0.15, 0.2) is 0 Å². The summed E-state index contributed by atoms with van der Waals surface area (Å²) in [4.78, 5) is 23.4. The third-order valence-electron chi connectivity index (χ3n) is 3.51. The zero-order valence-corrected chi connectivity index (χ0v) is 12.1. The molecule has 110 valence electrons. The molecule has 1 fully saturated rings. The lowest BCUT2D eigenvalue weighted by Crippen LogP contribution is -2.50. The van der Waals surface area contributed by atoms with Crippen LogP contribution in [0.4, 0.5) is 4.79 Å². The van der Waals surface area contributed by atoms with E-state index in [1.165, 1.54) is 12.8 Å². The quantitative estimate of drug-likeness (QED) is 0.618. The fraction of sp³-hybridized carbons (Fsp3) is 0.857. The van der Waals surface area contributed by atoms with E-state index >= 15 is 0 Å². The van der Waals surface area contributed by atoms with Crippen molar-refractivity contribution < 1.29 is 9.59 Å². The van der Waals surface area contributed by atoms with Crippen molar-refractivity contribution in [2.45, 2.75) is 70.9 Å². The Morgan fingerprint density at radius 2 is 1.89 bits per heavy atom. The van der Waals surface area contributed by atoms with E-state index in [-0.39, 0.29) is 11.9 Å². The molecule has 1 atom stereocenters. The van der Waals surface area contributed by atoms with Crippen LogP contribution in [0.3, 0.4) is 0 Å². The maximum atomic E-state index is 11.9. The van der Waals surface area contributed by atoms with Crippen LogP contribution >= 0.6 is 0 Å². The van der Waals surface area contributed by atoms with Crippen molar-refractivity contribution in [3.05, 3.63) is 0 Å². The zero-order chi connectivity index (χ0) is 14.1. The Hall–Kier alpha value is -1.26. The summed E-state index contributed by atoms with van der Waals surface area (Å²) in [6, 6.07) is -0.443. The molecule has 0 aliphatic heterocycles. The summed E-state index contributed by atoms with van der Waals surface area (Å²) in [7, 11) is 0. The van der Waals surface area contributed by atoms with Crippen molar-refractivity contribution in [3.8, 4) is 0 Å². The first-order chi connectivity index (χ1) is 9.13. The Morgan fingerprint density at radius 3 is 2.53 bits per heavy atom. The fourth-order valence-corrected chi connectivity index (χ4v) is 2.29. The molecule has 1 unspecified atom stereocenters. The number of amides is 3. The number of unbranched alkanes of at least 4 members (excludes halogenated alkanes) is 2. The molecule has 0 radical (unpaired) electrons. The van der Waals surface area contributed by atoms with Gasteiger partial charge in [-0.15, -0.1) is 0 Å². The molecule has 0 bridgehead atoms. The molecule has 5 heteroatoms. The van der Waals surface area contributed by atoms with Gasteiger partial charge in [0.25, 0.3) is 0 Å². The molecule has 0 heterocycles. The molecule has 1 rings (SSSR count). The highest BCUT2D eigenvalue weighted by molar-refractivity contribution is 5.86. The summed E-state index contributed by atoms with van der Waals surface area (Å²) in [6.07, 6.45) is 7.70. The van der Waals surface area contributed by atoms with Crippen LogP contribution in [0, 0.1) is 0 Å². The van der Waals surface area contributed by atoms with Gasteiger partial charge in [0, 0.05) is 12.6 Å². The fourth-order valence-electron chi connectivity index (χ4n) is 2.29. The van der Waals surface area contributed by atoms with Gasteiger partial charge < -0.3 is 16.0 Å². The van der Waals surface area contributed by atoms with Crippen molar-refractivity contribution in [2.75, 3.05) is 6.54 Å². The minimum atomic E-state index is -0.480. The summed E-state index contributed by atoms with van der Waals surface area (Å²) < 4.78 is 0. The molecule has 0 aromatic heterocycles. The second-order valence-corrected chi connectivity index (χ2v) is 5.32. The van der Waals surface area contributed by atoms with Gasteiger partial charge >= 0.3 is 6.03 Å². The molecular formula is C14H27N3O2. The molecule has 5 nitrogen and oxygen atoms in total. The van der Waals surface area contributed by atoms with Crippen molar-refractivity contribution in [1.82, 2.24) is 16.0 Å². The van der Waals surface area contributed by atoms with Crippen LogP contribution in [0.1, 0.15) is 58.8 Å². The third kappa shape index (κ3) is 6.45. The first-order valence-corrected chi connectivity index (χ1v) is 7.48. The molecular weight excluding hydrogens is 242 g/mol. The normalized spacial score (nSPS) is 16.9. The smallest absolute Gasteiger partial charge is 0.315 e. The number of carbonyl (C=O) groups excluding carboxylic acids is 2. The van der Waals surface area contributed by atoms with Crippen LogP contribution in [0.5, 0.6) is 0 Å². The molecule has 3 N–H and O–H groups in total. The standard InChI is InChI=1S/C14H27N3O2/c1-3-4-7-10-15-14(19)16-11(2)13(18)17-12-8-5-6-9-12/h11-12H,3-10H2,1-2H3,(H,17,18)(H2,15,16,19). The first-order valence-electron chi connectivity index (χ1n) is 7.48. The van der Waals surface area contributed by atoms with Crippen molar-refractivity contribution in [2.24, 2.45) is 0 Å². The lowest BCUT2D eigenvalue weighted by atomic mass is 10.2. The van der Waals surface area contributed by atoms with E-state index in [0.29, 0.717) is 12.6 Å². The minimum absolute atomic E-state index is 0.0874. The Balaban J connectivity index is 2.15. The van der Waals surface area contributed by atoms with Crippen molar-refractivity contribution in [1.29, 1.82) is 0 Å². The van der Waals surface area contributed by atoms with Gasteiger partial charge in [-0.05, 0) is 26.2 Å². The van der Waals surface area contributed by atoms with Crippen LogP contribution in [0.15, 0.2) is 0 Å². The number of urea groups is 1. The minimum Gasteiger partial charge on any atom is -0.352 e. The van der Waals surface area contributed by atoms with E-state index in [0.717, 1.165) is 32.1 Å². The maximum Gasteiger partial charge on any atom is 0.315 e. The molecule has 1 aliphatic carbocycles. The molecule has 0 saturated heterocycles. The van der Waals surface area contributed by atoms with E-state index in [4.69, 9.17) is 0 Å². The van der Waals surface area contributed by atoms with Crippen molar-refractivity contribution in [3.63, 3.8) is 0 Å². The third-order valence-corrected chi connectivity index (χ3v) is 3.51. The van der Waals surface area contributed by atoms with Crippen LogP contribution in [0.25, 0.3) is 0 Å². The van der Waals surface area contributed by atoms with E-state index in [1.54, 1.807) is 6.92 Å². The predicted molar refractivity (Wildman–Crippen MR) is 75.9 cm³/mol. The number of hydrogen-bond donors (Lipinski definition) is 3. The average Bonchev–Trinajstić information content (AvgIpc) is 2.87. The summed E-state index contributed by atoms with van der Waals surface area (Å²) in [5, 5.41) is 8.41. The van der Waals surface area contributed by atoms with E-state index in [2.05, 4.69) is 22.9 Å². The molecule has 1 saturated carbocycles. The molecule has 0 spiro atoms. The Bertz CT molecular complexity index is 288. The molecule has 19 heavy (non-hydrogen) atoms. The van der Waals surface area contributed by atoms with E-state index in [1.807, 2.05) is 0 Å². The maximum absolute atomic E-state index is 11.9. The lowest BCUT2D eigenvalue weighted by molar-refractivity contribution is -0.123. The molecule has 3 amide bonds. The highest BCUT2D eigenvalue weighted by Crippen LogP contribution is 2.17. The lowest BCUT2D eigenvalue weighted by Gasteiger charge is -2.18. The first kappa shape index (κ1) is 15.8. The molecule has 0 aromatic rings. The topological polar surface area (TPSA) is 70.2 Å². The second-order valence-electron chi connectivity index (χ2n) is 5.32. The number of nitrogens with one attached hydrogen (secondary N) is 3. The highest BCUT2D eigenvalue weighted by Gasteiger charge is 2.21. The van der Waals surface area contributed by atoms with Gasteiger partial charge in [0.05, 0.1) is 0 Å². The van der Waals surface area contributed by atoms with E-state index < -0.39 is 6.04 Å². The van der Waals surface area contributed by atoms with Gasteiger partial charge in [-0.25, -0.2) is 4.79 Å². The summed E-state index contributed by atoms with van der Waals surface area (Å²) >= 11 is 0. The van der Waals surface area contributed by atoms with Gasteiger partial charge in [-0.2, -0.15) is 0 Å². The number of hydrogen-bond acceptors (Lipinski definition) is 2. The largest absolute Gasteiger partial charge is 0.352 e. The van der Waals surface area contributed by atoms with Crippen LogP contribution in [-0.2, 0) is 4.79 Å². The summed E-state index contributed by atoms with van der Waals surface area (Å²) in [5.41, 5.74) is 0. The van der Waals surface area contributed by atoms with Crippen LogP contribution < -0.4 is 16.0 Å². The Kier molecular flexibility index (Phi) is 7.30. The average molecular weight is 269 g/mol. The van der Waals surface area contributed by atoms with Gasteiger partial charge in [-0.1, -0.05) is 32.6 Å². The van der Waals surface area contributed by atoms with Crippen LogP contribution in [0.2, 0.25) is 0 Å². The van der Waals surface area contributed by atoms with Gasteiger partial charge in [0.2, 0.25) is 5.91 Å².